The van der Waals surface area contributed by atoms with Crippen molar-refractivity contribution in [1.29, 1.82) is 0 Å². The molecule has 0 spiro atoms. The first-order valence-electron chi connectivity index (χ1n) is 6.91. The van der Waals surface area contributed by atoms with E-state index in [1.54, 1.807) is 12.1 Å². The van der Waals surface area contributed by atoms with Gasteiger partial charge in [0.1, 0.15) is 10.1 Å². The van der Waals surface area contributed by atoms with E-state index < -0.39 is 10.1 Å². The van der Waals surface area contributed by atoms with Crippen molar-refractivity contribution in [1.82, 2.24) is 0 Å². The van der Waals surface area contributed by atoms with Crippen molar-refractivity contribution in [3.63, 3.8) is 0 Å². The Bertz CT molecular complexity index is 1010. The number of rotatable bonds is 3. The van der Waals surface area contributed by atoms with Crippen LogP contribution in [0.5, 0.6) is 0 Å². The SMILES string of the molecule is C=C(C)Cc1ccc2cc3ccccc3cc2c1S(=O)(=O)[O-].[Rb+]. The van der Waals surface area contributed by atoms with Crippen LogP contribution >= 0.6 is 0 Å². The van der Waals surface area contributed by atoms with E-state index in [0.29, 0.717) is 17.4 Å². The van der Waals surface area contributed by atoms with Gasteiger partial charge in [-0.3, -0.25) is 0 Å². The maximum absolute atomic E-state index is 11.8. The van der Waals surface area contributed by atoms with Gasteiger partial charge in [-0.15, -0.1) is 0 Å². The Kier molecular flexibility index (Phi) is 5.98. The van der Waals surface area contributed by atoms with Crippen LogP contribution in [0.15, 0.2) is 65.6 Å². The van der Waals surface area contributed by atoms with Crippen LogP contribution in [0.2, 0.25) is 0 Å². The molecule has 0 unspecified atom stereocenters. The van der Waals surface area contributed by atoms with Crippen LogP contribution in [0.4, 0.5) is 0 Å². The van der Waals surface area contributed by atoms with Crippen molar-refractivity contribution < 1.29 is 71.2 Å². The number of hydrogen-bond donors (Lipinski definition) is 0. The number of fused-ring (bicyclic) bond motifs is 2. The molecule has 0 fully saturated rings. The zero-order valence-corrected chi connectivity index (χ0v) is 18.9. The third-order valence-corrected chi connectivity index (χ3v) is 4.64. The Labute approximate surface area is 184 Å². The topological polar surface area (TPSA) is 57.2 Å². The molecule has 0 aliphatic heterocycles. The summed E-state index contributed by atoms with van der Waals surface area (Å²) in [6.07, 6.45) is 0.375. The van der Waals surface area contributed by atoms with Crippen molar-refractivity contribution in [2.45, 2.75) is 18.2 Å². The summed E-state index contributed by atoms with van der Waals surface area (Å²) in [5, 5.41) is 3.15. The summed E-state index contributed by atoms with van der Waals surface area (Å²) in [5.41, 5.74) is 1.32. The molecule has 3 aromatic rings. The molecule has 3 rings (SSSR count). The molecule has 3 aromatic carbocycles. The summed E-state index contributed by atoms with van der Waals surface area (Å²) >= 11 is 0. The minimum Gasteiger partial charge on any atom is -0.744 e. The van der Waals surface area contributed by atoms with E-state index in [-0.39, 0.29) is 63.1 Å². The Morgan fingerprint density at radius 2 is 1.65 bits per heavy atom. The molecule has 5 heteroatoms. The largest absolute Gasteiger partial charge is 1.00 e. The molecule has 0 amide bonds. The van der Waals surface area contributed by atoms with Gasteiger partial charge in [0.15, 0.2) is 0 Å². The summed E-state index contributed by atoms with van der Waals surface area (Å²) in [6.45, 7) is 5.62. The Morgan fingerprint density at radius 1 is 1.04 bits per heavy atom. The van der Waals surface area contributed by atoms with Gasteiger partial charge in [0.2, 0.25) is 0 Å². The average Bonchev–Trinajstić information content (AvgIpc) is 2.43. The number of hydrogen-bond acceptors (Lipinski definition) is 3. The van der Waals surface area contributed by atoms with Gasteiger partial charge < -0.3 is 4.55 Å². The maximum atomic E-state index is 11.8. The van der Waals surface area contributed by atoms with Crippen LogP contribution in [-0.4, -0.2) is 13.0 Å². The zero-order valence-electron chi connectivity index (χ0n) is 13.2. The fourth-order valence-corrected chi connectivity index (χ4v) is 3.70. The maximum Gasteiger partial charge on any atom is 1.00 e. The van der Waals surface area contributed by atoms with Crippen molar-refractivity contribution in [3.05, 3.63) is 66.2 Å². The van der Waals surface area contributed by atoms with Gasteiger partial charge in [-0.25, -0.2) is 8.42 Å². The number of allylic oxidation sites excluding steroid dienone is 1. The first kappa shape index (κ1) is 19.0. The normalized spacial score (nSPS) is 11.4. The van der Waals surface area contributed by atoms with Crippen LogP contribution < -0.4 is 58.2 Å². The van der Waals surface area contributed by atoms with E-state index >= 15 is 0 Å². The fourth-order valence-electron chi connectivity index (χ4n) is 2.79. The van der Waals surface area contributed by atoms with Crippen molar-refractivity contribution in [2.75, 3.05) is 0 Å². The van der Waals surface area contributed by atoms with E-state index in [1.807, 2.05) is 43.3 Å². The molecule has 0 aromatic heterocycles. The molecular weight excluding hydrogens is 382 g/mol. The molecular formula is C18H15O3RbS. The smallest absolute Gasteiger partial charge is 0.744 e. The average molecular weight is 397 g/mol. The van der Waals surface area contributed by atoms with Crippen LogP contribution in [0.3, 0.4) is 0 Å². The van der Waals surface area contributed by atoms with E-state index in [0.717, 1.165) is 21.7 Å². The molecule has 23 heavy (non-hydrogen) atoms. The van der Waals surface area contributed by atoms with Gasteiger partial charge in [0, 0.05) is 5.39 Å². The molecule has 112 valence electrons. The van der Waals surface area contributed by atoms with Crippen LogP contribution in [0, 0.1) is 0 Å². The van der Waals surface area contributed by atoms with E-state index in [4.69, 9.17) is 0 Å². The molecule has 0 bridgehead atoms. The van der Waals surface area contributed by atoms with Crippen molar-refractivity contribution in [3.8, 4) is 0 Å². The first-order valence-corrected chi connectivity index (χ1v) is 8.32. The van der Waals surface area contributed by atoms with Gasteiger partial charge in [0.25, 0.3) is 0 Å². The second-order valence-electron chi connectivity index (χ2n) is 5.56. The second kappa shape index (κ2) is 7.25. The Hall–Kier alpha value is -0.365. The van der Waals surface area contributed by atoms with E-state index in [9.17, 15) is 13.0 Å². The molecule has 0 heterocycles. The van der Waals surface area contributed by atoms with Gasteiger partial charge in [-0.2, -0.15) is 0 Å². The third kappa shape index (κ3) is 4.01. The third-order valence-electron chi connectivity index (χ3n) is 3.66. The van der Waals surface area contributed by atoms with Gasteiger partial charge in [0.05, 0.1) is 4.90 Å². The van der Waals surface area contributed by atoms with Gasteiger partial charge >= 0.3 is 58.2 Å². The van der Waals surface area contributed by atoms with Crippen LogP contribution in [-0.2, 0) is 16.5 Å². The predicted molar refractivity (Wildman–Crippen MR) is 87.9 cm³/mol. The molecule has 0 aliphatic rings. The van der Waals surface area contributed by atoms with E-state index in [2.05, 4.69) is 6.58 Å². The molecule has 0 saturated heterocycles. The first-order chi connectivity index (χ1) is 10.4. The fraction of sp³-hybridized carbons (Fsp3) is 0.111. The van der Waals surface area contributed by atoms with Gasteiger partial charge in [-0.1, -0.05) is 48.6 Å². The minimum absolute atomic E-state index is 0. The summed E-state index contributed by atoms with van der Waals surface area (Å²) < 4.78 is 35.4. The summed E-state index contributed by atoms with van der Waals surface area (Å²) in [5.74, 6) is 0. The Morgan fingerprint density at radius 3 is 2.22 bits per heavy atom. The summed E-state index contributed by atoms with van der Waals surface area (Å²) in [6, 6.07) is 14.9. The van der Waals surface area contributed by atoms with Crippen LogP contribution in [0.1, 0.15) is 12.5 Å². The monoisotopic (exact) mass is 396 g/mol. The Balaban J connectivity index is 0.00000192. The molecule has 0 N–H and O–H groups in total. The molecule has 0 atom stereocenters. The van der Waals surface area contributed by atoms with Crippen LogP contribution in [0.25, 0.3) is 21.5 Å². The minimum atomic E-state index is -4.57. The van der Waals surface area contributed by atoms with Gasteiger partial charge in [-0.05, 0) is 47.2 Å². The number of benzene rings is 3. The van der Waals surface area contributed by atoms with E-state index in [1.165, 1.54) is 0 Å². The molecule has 0 aliphatic carbocycles. The summed E-state index contributed by atoms with van der Waals surface area (Å²) in [4.78, 5) is -0.126. The summed E-state index contributed by atoms with van der Waals surface area (Å²) in [7, 11) is -4.57. The predicted octanol–water partition coefficient (Wildman–Crippen LogP) is 1.02. The van der Waals surface area contributed by atoms with Crippen molar-refractivity contribution >= 4 is 31.7 Å². The molecule has 0 radical (unpaired) electrons. The quantitative estimate of drug-likeness (QED) is 0.377. The second-order valence-corrected chi connectivity index (χ2v) is 6.88. The standard InChI is InChI=1S/C18H16O3S.Rb/c1-12(2)9-16-8-7-15-10-13-5-3-4-6-14(13)11-17(15)18(16)22(19,20)21;/h3-8,10-11H,1,9H2,2H3,(H,19,20,21);/q;+1/p-1. The van der Waals surface area contributed by atoms with Crippen molar-refractivity contribution in [2.24, 2.45) is 0 Å². The zero-order chi connectivity index (χ0) is 15.9. The molecule has 3 nitrogen and oxygen atoms in total. The molecule has 0 saturated carbocycles.